The number of nitrogens with zero attached hydrogens (tertiary/aromatic N) is 2. The fraction of sp³-hybridized carbons (Fsp3) is 0.156. The maximum absolute atomic E-state index is 16.5. The average Bonchev–Trinajstić information content (AvgIpc) is 3.44. The van der Waals surface area contributed by atoms with Crippen LogP contribution in [0.15, 0.2) is 109 Å². The molecule has 13 heteroatoms. The zero-order chi connectivity index (χ0) is 32.1. The van der Waals surface area contributed by atoms with Gasteiger partial charge in [-0.15, -0.1) is 0 Å². The van der Waals surface area contributed by atoms with Crippen LogP contribution < -0.4 is 20.5 Å². The number of nitrogens with two attached hydrogens (primary N) is 1. The molecule has 45 heavy (non-hydrogen) atoms. The highest BCUT2D eigenvalue weighted by Gasteiger charge is 2.41. The van der Waals surface area contributed by atoms with E-state index in [1.165, 1.54) is 18.2 Å². The lowest BCUT2D eigenvalue weighted by Gasteiger charge is -2.31. The van der Waals surface area contributed by atoms with E-state index in [4.69, 9.17) is 25.4 Å². The number of carboxylic acid groups (broad SMARTS) is 1. The van der Waals surface area contributed by atoms with Gasteiger partial charge in [-0.1, -0.05) is 42.5 Å². The fourth-order valence-electron chi connectivity index (χ4n) is 4.52. The minimum atomic E-state index is -3.03. The lowest BCUT2D eigenvalue weighted by molar-refractivity contribution is -0.148. The number of nitrogens with one attached hydrogen (secondary N) is 2. The Bertz CT molecular complexity index is 1790. The van der Waals surface area contributed by atoms with E-state index in [9.17, 15) is 15.0 Å². The van der Waals surface area contributed by atoms with Crippen molar-refractivity contribution in [3.05, 3.63) is 120 Å². The van der Waals surface area contributed by atoms with Crippen LogP contribution in [-0.4, -0.2) is 43.7 Å². The molecule has 0 amide bonds. The third kappa shape index (κ3) is 7.21. The van der Waals surface area contributed by atoms with E-state index in [1.807, 2.05) is 6.07 Å². The van der Waals surface area contributed by atoms with Gasteiger partial charge in [0.2, 0.25) is 11.7 Å². The second-order valence-electron chi connectivity index (χ2n) is 10.1. The van der Waals surface area contributed by atoms with Crippen molar-refractivity contribution >= 4 is 11.8 Å². The lowest BCUT2D eigenvalue weighted by atomic mass is 10.1. The van der Waals surface area contributed by atoms with E-state index in [0.29, 0.717) is 17.5 Å². The van der Waals surface area contributed by atoms with Crippen molar-refractivity contribution in [2.24, 2.45) is 12.8 Å². The molecule has 0 radical (unpaired) electrons. The number of aromatic nitrogens is 2. The third-order valence-electron chi connectivity index (χ3n) is 6.76. The van der Waals surface area contributed by atoms with Crippen molar-refractivity contribution in [2.45, 2.75) is 24.9 Å². The number of allylic oxidation sites excluding steroid dienone is 1. The Kier molecular flexibility index (Phi) is 8.70. The van der Waals surface area contributed by atoms with Gasteiger partial charge in [0.05, 0.1) is 6.08 Å². The maximum Gasteiger partial charge on any atom is 0.356 e. The highest BCUT2D eigenvalue weighted by molar-refractivity contribution is 5.95. The Hall–Kier alpha value is -5.85. The zero-order valence-corrected chi connectivity index (χ0v) is 23.9. The van der Waals surface area contributed by atoms with Crippen molar-refractivity contribution in [1.82, 2.24) is 14.9 Å². The summed E-state index contributed by atoms with van der Waals surface area (Å²) in [7, 11) is 1.78. The molecule has 232 valence electrons. The molecule has 0 aliphatic carbocycles. The van der Waals surface area contributed by atoms with Gasteiger partial charge in [0, 0.05) is 30.6 Å². The van der Waals surface area contributed by atoms with Crippen molar-refractivity contribution in [2.75, 3.05) is 0 Å². The summed E-state index contributed by atoms with van der Waals surface area (Å²) in [6.45, 7) is 0. The largest absolute Gasteiger partial charge is 0.504 e. The van der Waals surface area contributed by atoms with Gasteiger partial charge in [-0.3, -0.25) is 10.7 Å². The SMILES string of the molecule is Cn1ccnc1-c1cccc(OC2(F)C=C(OC(CCc3ccccc3)C(=O)O)C(F)=C(Oc3cc(C(=N)N)ccc3O)N2)c1. The summed E-state index contributed by atoms with van der Waals surface area (Å²) in [5.41, 5.74) is 7.08. The van der Waals surface area contributed by atoms with Gasteiger partial charge < -0.3 is 34.7 Å². The Morgan fingerprint density at radius 3 is 2.62 bits per heavy atom. The predicted molar refractivity (Wildman–Crippen MR) is 159 cm³/mol. The minimum Gasteiger partial charge on any atom is -0.504 e. The molecule has 5 rings (SSSR count). The van der Waals surface area contributed by atoms with E-state index in [-0.39, 0.29) is 35.7 Å². The molecule has 2 unspecified atom stereocenters. The number of aliphatic carboxylic acids is 1. The maximum atomic E-state index is 16.5. The summed E-state index contributed by atoms with van der Waals surface area (Å²) in [5.74, 6) is -8.07. The normalized spacial score (nSPS) is 16.7. The highest BCUT2D eigenvalue weighted by Crippen LogP contribution is 2.36. The molecule has 11 nitrogen and oxygen atoms in total. The highest BCUT2D eigenvalue weighted by atomic mass is 19.2. The van der Waals surface area contributed by atoms with Crippen LogP contribution in [-0.2, 0) is 23.0 Å². The molecular weight excluding hydrogens is 588 g/mol. The number of nitrogen functional groups attached to an aromatic ring is 1. The van der Waals surface area contributed by atoms with E-state index in [1.54, 1.807) is 60.4 Å². The van der Waals surface area contributed by atoms with Crippen LogP contribution in [0.5, 0.6) is 17.2 Å². The van der Waals surface area contributed by atoms with Crippen LogP contribution in [0.1, 0.15) is 17.5 Å². The van der Waals surface area contributed by atoms with Crippen LogP contribution in [0, 0.1) is 5.41 Å². The van der Waals surface area contributed by atoms with Gasteiger partial charge in [0.25, 0.3) is 0 Å². The van der Waals surface area contributed by atoms with E-state index < -0.39 is 41.3 Å². The van der Waals surface area contributed by atoms with E-state index in [2.05, 4.69) is 10.3 Å². The van der Waals surface area contributed by atoms with E-state index in [0.717, 1.165) is 17.7 Å². The molecule has 0 saturated heterocycles. The van der Waals surface area contributed by atoms with Crippen molar-refractivity contribution < 1.29 is 38.0 Å². The Morgan fingerprint density at radius 2 is 1.93 bits per heavy atom. The number of phenols is 1. The first-order chi connectivity index (χ1) is 21.5. The van der Waals surface area contributed by atoms with Crippen LogP contribution in [0.4, 0.5) is 8.78 Å². The summed E-state index contributed by atoms with van der Waals surface area (Å²) >= 11 is 0. The molecule has 0 fully saturated rings. The van der Waals surface area contributed by atoms with Crippen LogP contribution in [0.25, 0.3) is 11.4 Å². The van der Waals surface area contributed by atoms with Crippen molar-refractivity contribution in [3.8, 4) is 28.6 Å². The number of alkyl halides is 1. The second kappa shape index (κ2) is 12.8. The van der Waals surface area contributed by atoms with Crippen LogP contribution in [0.2, 0.25) is 0 Å². The summed E-state index contributed by atoms with van der Waals surface area (Å²) in [5, 5.41) is 30.0. The van der Waals surface area contributed by atoms with Gasteiger partial charge in [-0.2, -0.15) is 8.78 Å². The number of phenolic OH excluding ortho intramolecular Hbond substituents is 1. The number of aryl methyl sites for hydroxylation is 2. The number of rotatable bonds is 12. The molecule has 2 heterocycles. The molecule has 0 spiro atoms. The number of benzene rings is 3. The monoisotopic (exact) mass is 617 g/mol. The Labute approximate surface area is 256 Å². The Morgan fingerprint density at radius 1 is 1.16 bits per heavy atom. The number of aromatic hydroxyl groups is 1. The number of carboxylic acids is 1. The number of hydrogen-bond donors (Lipinski definition) is 5. The van der Waals surface area contributed by atoms with Gasteiger partial charge in [0.15, 0.2) is 23.4 Å². The summed E-state index contributed by atoms with van der Waals surface area (Å²) < 4.78 is 50.8. The number of carbonyl (C=O) groups is 1. The smallest absolute Gasteiger partial charge is 0.356 e. The standard InChI is InChI=1S/C32H29F2N5O6/c1-39-15-14-37-29(39)21-8-5-9-22(16-21)45-32(34)18-26(43-24(31(41)42)13-10-19-6-3-2-4-7-19)27(33)30(38-32)44-25-17-20(28(35)36)11-12-23(25)40/h2-9,11-12,14-18,24,38,40H,10,13H2,1H3,(H3,35,36)(H,41,42). The van der Waals surface area contributed by atoms with Gasteiger partial charge in [0.1, 0.15) is 17.4 Å². The predicted octanol–water partition coefficient (Wildman–Crippen LogP) is 4.89. The molecule has 6 N–H and O–H groups in total. The van der Waals surface area contributed by atoms with E-state index >= 15 is 8.78 Å². The van der Waals surface area contributed by atoms with Gasteiger partial charge in [-0.25, -0.2) is 9.78 Å². The molecule has 1 aliphatic rings. The molecule has 0 bridgehead atoms. The topological polar surface area (TPSA) is 165 Å². The number of hydrogen-bond acceptors (Lipinski definition) is 8. The molecule has 3 aromatic carbocycles. The molecule has 1 aliphatic heterocycles. The van der Waals surface area contributed by atoms with Gasteiger partial charge >= 0.3 is 11.9 Å². The van der Waals surface area contributed by atoms with Crippen LogP contribution >= 0.6 is 0 Å². The number of imidazole rings is 1. The molecule has 4 aromatic rings. The Balaban J connectivity index is 1.49. The number of amidine groups is 1. The molecule has 1 aromatic heterocycles. The lowest BCUT2D eigenvalue weighted by Crippen LogP contribution is -2.48. The van der Waals surface area contributed by atoms with Crippen molar-refractivity contribution in [1.29, 1.82) is 5.41 Å². The number of halogens is 2. The molecule has 2 atom stereocenters. The summed E-state index contributed by atoms with van der Waals surface area (Å²) in [6, 6.07) is 19.0. The van der Waals surface area contributed by atoms with Crippen LogP contribution in [0.3, 0.4) is 0 Å². The van der Waals surface area contributed by atoms with Crippen molar-refractivity contribution in [3.63, 3.8) is 0 Å². The quantitative estimate of drug-likeness (QED) is 0.0846. The summed E-state index contributed by atoms with van der Waals surface area (Å²) in [4.78, 5) is 16.4. The van der Waals surface area contributed by atoms with Gasteiger partial charge in [-0.05, 0) is 48.7 Å². The second-order valence-corrected chi connectivity index (χ2v) is 10.1. The summed E-state index contributed by atoms with van der Waals surface area (Å²) in [6.07, 6.45) is 2.58. The molecular formula is C32H29F2N5O6. The number of dihydropyridines is 1. The minimum absolute atomic E-state index is 0.00282. The third-order valence-corrected chi connectivity index (χ3v) is 6.76. The molecule has 0 saturated carbocycles. The average molecular weight is 618 g/mol. The zero-order valence-electron chi connectivity index (χ0n) is 23.9. The fourth-order valence-corrected chi connectivity index (χ4v) is 4.52. The first-order valence-corrected chi connectivity index (χ1v) is 13.7. The number of ether oxygens (including phenoxy) is 3. The first kappa shape index (κ1) is 30.6. The first-order valence-electron chi connectivity index (χ1n) is 13.7.